The van der Waals surface area contributed by atoms with Crippen LogP contribution in [-0.2, 0) is 26.2 Å². The fourth-order valence-corrected chi connectivity index (χ4v) is 4.36. The molecule has 0 fully saturated rings. The van der Waals surface area contributed by atoms with Gasteiger partial charge >= 0.3 is 0 Å². The highest BCUT2D eigenvalue weighted by Gasteiger charge is 2.27. The van der Waals surface area contributed by atoms with Gasteiger partial charge in [0.1, 0.15) is 11.9 Å². The average Bonchev–Trinajstić information content (AvgIpc) is 2.74. The summed E-state index contributed by atoms with van der Waals surface area (Å²) in [6.07, 6.45) is 1.37. The molecule has 1 unspecified atom stereocenters. The van der Waals surface area contributed by atoms with Gasteiger partial charge < -0.3 is 10.2 Å². The van der Waals surface area contributed by atoms with Crippen LogP contribution < -0.4 is 9.62 Å². The SMILES string of the molecule is CC(C)NC(=O)C(C)N(Cc1ccccc1F)C(=O)CCCN(c1ccccc1)S(C)(=O)=O. The third-order valence-electron chi connectivity index (χ3n) is 5.09. The van der Waals surface area contributed by atoms with Crippen molar-refractivity contribution in [1.29, 1.82) is 0 Å². The Hall–Kier alpha value is -2.94. The third-order valence-corrected chi connectivity index (χ3v) is 6.29. The highest BCUT2D eigenvalue weighted by molar-refractivity contribution is 7.92. The van der Waals surface area contributed by atoms with Gasteiger partial charge in [0, 0.05) is 31.1 Å². The van der Waals surface area contributed by atoms with E-state index >= 15 is 0 Å². The molecule has 180 valence electrons. The van der Waals surface area contributed by atoms with Crippen molar-refractivity contribution in [1.82, 2.24) is 10.2 Å². The van der Waals surface area contributed by atoms with Crippen molar-refractivity contribution in [3.05, 3.63) is 66.0 Å². The van der Waals surface area contributed by atoms with E-state index in [0.29, 0.717) is 11.3 Å². The second-order valence-electron chi connectivity index (χ2n) is 8.23. The van der Waals surface area contributed by atoms with E-state index < -0.39 is 21.9 Å². The number of sulfonamides is 1. The molecule has 1 atom stereocenters. The van der Waals surface area contributed by atoms with E-state index in [1.165, 1.54) is 15.3 Å². The maximum Gasteiger partial charge on any atom is 0.242 e. The van der Waals surface area contributed by atoms with Crippen molar-refractivity contribution in [2.75, 3.05) is 17.1 Å². The molecule has 2 amide bonds. The Balaban J connectivity index is 2.16. The first-order chi connectivity index (χ1) is 15.5. The first kappa shape index (κ1) is 26.3. The van der Waals surface area contributed by atoms with Crippen LogP contribution in [0.5, 0.6) is 0 Å². The molecule has 0 radical (unpaired) electrons. The van der Waals surface area contributed by atoms with Crippen molar-refractivity contribution in [2.45, 2.75) is 52.2 Å². The number of carbonyl (C=O) groups is 2. The molecule has 9 heteroatoms. The molecule has 0 aromatic heterocycles. The van der Waals surface area contributed by atoms with Crippen LogP contribution in [0.1, 0.15) is 39.2 Å². The summed E-state index contributed by atoms with van der Waals surface area (Å²) in [5.41, 5.74) is 0.817. The zero-order chi connectivity index (χ0) is 24.6. The van der Waals surface area contributed by atoms with Crippen LogP contribution in [0.2, 0.25) is 0 Å². The lowest BCUT2D eigenvalue weighted by Crippen LogP contribution is -2.49. The van der Waals surface area contributed by atoms with Crippen LogP contribution in [0.3, 0.4) is 0 Å². The quantitative estimate of drug-likeness (QED) is 0.538. The van der Waals surface area contributed by atoms with E-state index in [1.54, 1.807) is 55.5 Å². The van der Waals surface area contributed by atoms with Crippen LogP contribution in [0, 0.1) is 5.82 Å². The molecule has 2 aromatic rings. The lowest BCUT2D eigenvalue weighted by atomic mass is 10.1. The minimum atomic E-state index is -3.54. The Morgan fingerprint density at radius 1 is 1.00 bits per heavy atom. The Labute approximate surface area is 195 Å². The van der Waals surface area contributed by atoms with Gasteiger partial charge in [-0.25, -0.2) is 12.8 Å². The van der Waals surface area contributed by atoms with Crippen LogP contribution in [0.25, 0.3) is 0 Å². The summed E-state index contributed by atoms with van der Waals surface area (Å²) in [5, 5.41) is 2.78. The number of anilines is 1. The summed E-state index contributed by atoms with van der Waals surface area (Å²) >= 11 is 0. The number of hydrogen-bond acceptors (Lipinski definition) is 4. The molecule has 0 spiro atoms. The van der Waals surface area contributed by atoms with Crippen LogP contribution >= 0.6 is 0 Å². The van der Waals surface area contributed by atoms with Gasteiger partial charge in [0.05, 0.1) is 11.9 Å². The van der Waals surface area contributed by atoms with Crippen LogP contribution in [0.15, 0.2) is 54.6 Å². The molecule has 7 nitrogen and oxygen atoms in total. The zero-order valence-electron chi connectivity index (χ0n) is 19.5. The Morgan fingerprint density at radius 2 is 1.61 bits per heavy atom. The highest BCUT2D eigenvalue weighted by atomic mass is 32.2. The van der Waals surface area contributed by atoms with Crippen molar-refractivity contribution < 1.29 is 22.4 Å². The lowest BCUT2D eigenvalue weighted by molar-refractivity contribution is -0.140. The number of halogens is 1. The molecular formula is C24H32FN3O4S. The van der Waals surface area contributed by atoms with Gasteiger partial charge in [0.2, 0.25) is 21.8 Å². The summed E-state index contributed by atoms with van der Waals surface area (Å²) in [7, 11) is -3.54. The summed E-state index contributed by atoms with van der Waals surface area (Å²) < 4.78 is 40.0. The smallest absolute Gasteiger partial charge is 0.242 e. The average molecular weight is 478 g/mol. The van der Waals surface area contributed by atoms with Gasteiger partial charge in [0.15, 0.2) is 0 Å². The topological polar surface area (TPSA) is 86.8 Å². The van der Waals surface area contributed by atoms with Crippen LogP contribution in [0.4, 0.5) is 10.1 Å². The van der Waals surface area contributed by atoms with E-state index in [9.17, 15) is 22.4 Å². The molecular weight excluding hydrogens is 445 g/mol. The highest BCUT2D eigenvalue weighted by Crippen LogP contribution is 2.19. The lowest BCUT2D eigenvalue weighted by Gasteiger charge is -2.30. The first-order valence-corrected chi connectivity index (χ1v) is 12.7. The Bertz CT molecular complexity index is 1040. The number of hydrogen-bond donors (Lipinski definition) is 1. The molecule has 33 heavy (non-hydrogen) atoms. The van der Waals surface area contributed by atoms with Crippen LogP contribution in [-0.4, -0.2) is 50.0 Å². The summed E-state index contributed by atoms with van der Waals surface area (Å²) in [5.74, 6) is -1.15. The molecule has 0 saturated heterocycles. The van der Waals surface area contributed by atoms with E-state index in [4.69, 9.17) is 0 Å². The molecule has 2 aromatic carbocycles. The fourth-order valence-electron chi connectivity index (χ4n) is 3.40. The first-order valence-electron chi connectivity index (χ1n) is 10.9. The number of nitrogens with one attached hydrogen (secondary N) is 1. The van der Waals surface area contributed by atoms with Crippen molar-refractivity contribution >= 4 is 27.5 Å². The van der Waals surface area contributed by atoms with E-state index in [2.05, 4.69) is 5.32 Å². The second-order valence-corrected chi connectivity index (χ2v) is 10.1. The molecule has 1 N–H and O–H groups in total. The predicted octanol–water partition coefficient (Wildman–Crippen LogP) is 3.31. The van der Waals surface area contributed by atoms with Crippen molar-refractivity contribution in [3.8, 4) is 0 Å². The van der Waals surface area contributed by atoms with Gasteiger partial charge in [-0.1, -0.05) is 36.4 Å². The van der Waals surface area contributed by atoms with Gasteiger partial charge in [0.25, 0.3) is 0 Å². The molecule has 2 rings (SSSR count). The Kier molecular flexibility index (Phi) is 9.40. The summed E-state index contributed by atoms with van der Waals surface area (Å²) in [4.78, 5) is 27.0. The molecule has 0 bridgehead atoms. The second kappa shape index (κ2) is 11.8. The minimum Gasteiger partial charge on any atom is -0.352 e. The monoisotopic (exact) mass is 477 g/mol. The number of nitrogens with zero attached hydrogens (tertiary/aromatic N) is 2. The van der Waals surface area contributed by atoms with E-state index in [0.717, 1.165) is 6.26 Å². The number of rotatable bonds is 11. The molecule has 0 aliphatic rings. The fraction of sp³-hybridized carbons (Fsp3) is 0.417. The summed E-state index contributed by atoms with van der Waals surface area (Å²) in [6.45, 7) is 5.28. The van der Waals surface area contributed by atoms with Crippen molar-refractivity contribution in [2.24, 2.45) is 0 Å². The Morgan fingerprint density at radius 3 is 2.18 bits per heavy atom. The number of carbonyl (C=O) groups excluding carboxylic acids is 2. The maximum atomic E-state index is 14.3. The van der Waals surface area contributed by atoms with Gasteiger partial charge in [-0.05, 0) is 45.4 Å². The molecule has 0 aliphatic carbocycles. The van der Waals surface area contributed by atoms with Gasteiger partial charge in [-0.3, -0.25) is 13.9 Å². The minimum absolute atomic E-state index is 0.00655. The third kappa shape index (κ3) is 7.85. The van der Waals surface area contributed by atoms with E-state index in [1.807, 2.05) is 13.8 Å². The largest absolute Gasteiger partial charge is 0.352 e. The zero-order valence-corrected chi connectivity index (χ0v) is 20.3. The maximum absolute atomic E-state index is 14.3. The van der Waals surface area contributed by atoms with Crippen molar-refractivity contribution in [3.63, 3.8) is 0 Å². The predicted molar refractivity (Wildman–Crippen MR) is 128 cm³/mol. The molecule has 0 heterocycles. The standard InChI is InChI=1S/C24H32FN3O4S/c1-18(2)26-24(30)19(3)27(17-20-11-8-9-14-22(20)25)23(29)15-10-16-28(33(4,31)32)21-12-6-5-7-13-21/h5-9,11-14,18-19H,10,15-17H2,1-4H3,(H,26,30). The molecule has 0 aliphatic heterocycles. The van der Waals surface area contributed by atoms with Gasteiger partial charge in [-0.2, -0.15) is 0 Å². The van der Waals surface area contributed by atoms with Gasteiger partial charge in [-0.15, -0.1) is 0 Å². The number of para-hydroxylation sites is 1. The van der Waals surface area contributed by atoms with E-state index in [-0.39, 0.29) is 43.8 Å². The summed E-state index contributed by atoms with van der Waals surface area (Å²) in [6, 6.07) is 13.8. The number of amides is 2. The normalized spacial score (nSPS) is 12.3. The molecule has 0 saturated carbocycles. The number of benzene rings is 2.